The number of benzene rings is 3. The molecule has 4 aliphatic rings. The number of fused-ring (bicyclic) bond motifs is 9. The molecular formula is C36H30N4O9S2. The van der Waals surface area contributed by atoms with Gasteiger partial charge in [-0.2, -0.15) is 0 Å². The summed E-state index contributed by atoms with van der Waals surface area (Å²) in [6, 6.07) is 19.2. The molecule has 0 spiro atoms. The highest BCUT2D eigenvalue weighted by atomic mass is 32.2. The molecule has 8 rings (SSSR count). The molecule has 1 aromatic heterocycles. The zero-order valence-electron chi connectivity index (χ0n) is 27.0. The first-order valence-electron chi connectivity index (χ1n) is 16.4. The molecule has 2 N–H and O–H groups in total. The fraction of sp³-hybridized carbons (Fsp3) is 0.306. The molecule has 13 nitrogen and oxygen atoms in total. The van der Waals surface area contributed by atoms with Gasteiger partial charge in [-0.05, 0) is 85.2 Å². The molecule has 7 atom stereocenters. The van der Waals surface area contributed by atoms with Crippen molar-refractivity contribution >= 4 is 63.9 Å². The number of anilines is 2. The van der Waals surface area contributed by atoms with Gasteiger partial charge in [0.05, 0.1) is 39.6 Å². The van der Waals surface area contributed by atoms with Crippen LogP contribution in [0.1, 0.15) is 40.1 Å². The van der Waals surface area contributed by atoms with Crippen molar-refractivity contribution in [2.45, 2.75) is 29.5 Å². The second kappa shape index (κ2) is 12.8. The molecule has 4 aromatic rings. The van der Waals surface area contributed by atoms with Gasteiger partial charge in [0.1, 0.15) is 5.75 Å². The number of nitro benzene ring substituents is 1. The Bertz CT molecular complexity index is 2130. The van der Waals surface area contributed by atoms with E-state index < -0.39 is 22.7 Å². The summed E-state index contributed by atoms with van der Waals surface area (Å²) in [5.74, 6) is -2.29. The maximum atomic E-state index is 14.0. The molecule has 3 fully saturated rings. The van der Waals surface area contributed by atoms with Crippen molar-refractivity contribution < 1.29 is 33.6 Å². The molecule has 2 aliphatic carbocycles. The summed E-state index contributed by atoms with van der Waals surface area (Å²) in [6.45, 7) is 1.74. The summed E-state index contributed by atoms with van der Waals surface area (Å²) >= 11 is 2.75. The van der Waals surface area contributed by atoms with Crippen molar-refractivity contribution in [3.63, 3.8) is 0 Å². The lowest BCUT2D eigenvalue weighted by atomic mass is 9.68. The van der Waals surface area contributed by atoms with Gasteiger partial charge in [0.15, 0.2) is 6.61 Å². The number of nitrogens with one attached hydrogen (secondary N) is 2. The number of nitrogens with zero attached hydrogens (tertiary/aromatic N) is 2. The summed E-state index contributed by atoms with van der Waals surface area (Å²) in [5.41, 5.74) is 2.03. The van der Waals surface area contributed by atoms with E-state index in [1.54, 1.807) is 55.1 Å². The van der Waals surface area contributed by atoms with Crippen LogP contribution in [0.2, 0.25) is 0 Å². The van der Waals surface area contributed by atoms with Crippen LogP contribution in [0.5, 0.6) is 5.75 Å². The maximum Gasteiger partial charge on any atom is 0.338 e. The number of esters is 1. The smallest absolute Gasteiger partial charge is 0.338 e. The number of nitro groups is 1. The number of hydrogen-bond donors (Lipinski definition) is 2. The molecule has 3 amide bonds. The second-order valence-corrected chi connectivity index (χ2v) is 15.2. The SMILES string of the molecule is CCOC(=O)c1ccc(NC(=O)COc2ccc([C@H]3c4sc(=O)[nH]c4SC4C3[C@H]3C[C@@H]4C4C(=O)N(c5ccc([N+](=O)[O-])cc5)C(=O)C43)cc2)cc1. The van der Waals surface area contributed by atoms with Crippen LogP contribution in [-0.4, -0.2) is 52.1 Å². The molecule has 3 aromatic carbocycles. The Kier molecular flexibility index (Phi) is 8.26. The van der Waals surface area contributed by atoms with Crippen LogP contribution in [0.3, 0.4) is 0 Å². The predicted octanol–water partition coefficient (Wildman–Crippen LogP) is 5.22. The van der Waals surface area contributed by atoms with E-state index in [-0.39, 0.29) is 70.4 Å². The molecule has 15 heteroatoms. The molecular weight excluding hydrogens is 697 g/mol. The van der Waals surface area contributed by atoms with Gasteiger partial charge in [-0.3, -0.25) is 34.2 Å². The van der Waals surface area contributed by atoms with E-state index in [2.05, 4.69) is 10.3 Å². The molecule has 3 heterocycles. The van der Waals surface area contributed by atoms with Crippen LogP contribution in [0, 0.1) is 39.7 Å². The van der Waals surface area contributed by atoms with Crippen molar-refractivity contribution in [1.29, 1.82) is 0 Å². The second-order valence-electron chi connectivity index (χ2n) is 12.9. The van der Waals surface area contributed by atoms with Gasteiger partial charge in [-0.1, -0.05) is 23.5 Å². The summed E-state index contributed by atoms with van der Waals surface area (Å²) in [5, 5.41) is 14.7. The highest BCUT2D eigenvalue weighted by Crippen LogP contribution is 2.68. The van der Waals surface area contributed by atoms with Gasteiger partial charge in [0.25, 0.3) is 11.6 Å². The average molecular weight is 727 g/mol. The first-order valence-corrected chi connectivity index (χ1v) is 18.1. The van der Waals surface area contributed by atoms with E-state index in [0.29, 0.717) is 22.7 Å². The fourth-order valence-corrected chi connectivity index (χ4v) is 11.3. The molecule has 260 valence electrons. The van der Waals surface area contributed by atoms with Gasteiger partial charge in [-0.25, -0.2) is 4.79 Å². The summed E-state index contributed by atoms with van der Waals surface area (Å²) in [6.07, 6.45) is 0.723. The number of aromatic amines is 1. The predicted molar refractivity (Wildman–Crippen MR) is 187 cm³/mol. The number of imide groups is 1. The Morgan fingerprint density at radius 2 is 1.65 bits per heavy atom. The number of aromatic nitrogens is 1. The van der Waals surface area contributed by atoms with Crippen LogP contribution in [0.25, 0.3) is 0 Å². The number of hydrogen-bond acceptors (Lipinski definition) is 11. The molecule has 1 saturated heterocycles. The monoisotopic (exact) mass is 726 g/mol. The lowest BCUT2D eigenvalue weighted by Crippen LogP contribution is -2.42. The first-order chi connectivity index (χ1) is 24.6. The first kappa shape index (κ1) is 32.9. The lowest BCUT2D eigenvalue weighted by molar-refractivity contribution is -0.384. The third-order valence-electron chi connectivity index (χ3n) is 10.3. The van der Waals surface area contributed by atoms with Gasteiger partial charge in [0, 0.05) is 33.9 Å². The van der Waals surface area contributed by atoms with Crippen LogP contribution < -0.4 is 19.8 Å². The Morgan fingerprint density at radius 3 is 2.31 bits per heavy atom. The number of carbonyl (C=O) groups excluding carboxylic acids is 4. The third-order valence-corrected chi connectivity index (χ3v) is 12.9. The van der Waals surface area contributed by atoms with E-state index >= 15 is 0 Å². The number of carbonyl (C=O) groups is 4. The number of rotatable bonds is 9. The summed E-state index contributed by atoms with van der Waals surface area (Å²) < 4.78 is 10.8. The topological polar surface area (TPSA) is 178 Å². The van der Waals surface area contributed by atoms with Crippen molar-refractivity contribution in [3.05, 3.63) is 109 Å². The summed E-state index contributed by atoms with van der Waals surface area (Å²) in [7, 11) is 0. The van der Waals surface area contributed by atoms with Crippen molar-refractivity contribution in [2.24, 2.45) is 29.6 Å². The van der Waals surface area contributed by atoms with Crippen molar-refractivity contribution in [2.75, 3.05) is 23.4 Å². The summed E-state index contributed by atoms with van der Waals surface area (Å²) in [4.78, 5) is 80.5. The number of non-ortho nitro benzene ring substituents is 1. The zero-order chi connectivity index (χ0) is 35.6. The van der Waals surface area contributed by atoms with Gasteiger partial charge < -0.3 is 19.8 Å². The quantitative estimate of drug-likeness (QED) is 0.101. The lowest BCUT2D eigenvalue weighted by Gasteiger charge is -2.43. The highest BCUT2D eigenvalue weighted by Gasteiger charge is 2.69. The Morgan fingerprint density at radius 1 is 0.961 bits per heavy atom. The van der Waals surface area contributed by atoms with Gasteiger partial charge in [-0.15, -0.1) is 11.8 Å². The standard InChI is InChI=1S/C36H30N4O9S2/c1-2-48-35(44)18-3-7-19(8-4-18)37-25(41)16-49-22-13-5-17(6-14-22)26-27-23-15-24(30(27)50-32-31(26)51-36(45)38-32)29-28(23)33(42)39(34(29)43)20-9-11-21(12-10-20)40(46)47/h3-14,23-24,26-30H,2,15-16H2,1H3,(H,37,41)(H,38,45)/t23-,24-,26-,27?,28?,29?,30?/m1/s1. The molecule has 51 heavy (non-hydrogen) atoms. The normalized spacial score (nSPS) is 25.6. The van der Waals surface area contributed by atoms with Crippen LogP contribution in [0.15, 0.2) is 82.6 Å². The van der Waals surface area contributed by atoms with Crippen LogP contribution in [-0.2, 0) is 19.1 Å². The largest absolute Gasteiger partial charge is 0.484 e. The highest BCUT2D eigenvalue weighted by molar-refractivity contribution is 8.00. The minimum Gasteiger partial charge on any atom is -0.484 e. The van der Waals surface area contributed by atoms with E-state index in [0.717, 1.165) is 33.2 Å². The number of thioether (sulfide) groups is 1. The minimum absolute atomic E-state index is 0.00135. The Labute approximate surface area is 298 Å². The van der Waals surface area contributed by atoms with E-state index in [1.807, 2.05) is 12.1 Å². The number of H-pyrrole nitrogens is 1. The number of amides is 3. The third kappa shape index (κ3) is 5.60. The molecule has 2 bridgehead atoms. The molecule has 2 aliphatic heterocycles. The number of thiazole rings is 1. The van der Waals surface area contributed by atoms with E-state index in [1.165, 1.54) is 29.2 Å². The van der Waals surface area contributed by atoms with Gasteiger partial charge in [0.2, 0.25) is 11.8 Å². The average Bonchev–Trinajstić information content (AvgIpc) is 3.86. The maximum absolute atomic E-state index is 14.0. The fourth-order valence-electron chi connectivity index (χ4n) is 8.39. The van der Waals surface area contributed by atoms with E-state index in [4.69, 9.17) is 9.47 Å². The molecule has 0 radical (unpaired) electrons. The van der Waals surface area contributed by atoms with Crippen molar-refractivity contribution in [1.82, 2.24) is 4.98 Å². The molecule has 4 unspecified atom stereocenters. The Balaban J connectivity index is 0.995. The zero-order valence-corrected chi connectivity index (χ0v) is 28.6. The van der Waals surface area contributed by atoms with E-state index in [9.17, 15) is 34.1 Å². The van der Waals surface area contributed by atoms with Gasteiger partial charge >= 0.3 is 10.8 Å². The van der Waals surface area contributed by atoms with Crippen LogP contribution >= 0.6 is 23.1 Å². The van der Waals surface area contributed by atoms with Crippen molar-refractivity contribution in [3.8, 4) is 5.75 Å². The number of ether oxygens (including phenoxy) is 2. The van der Waals surface area contributed by atoms with Crippen LogP contribution in [0.4, 0.5) is 17.1 Å². The minimum atomic E-state index is -0.523. The molecule has 2 saturated carbocycles. The Hall–Kier alpha value is -5.28.